The molecule has 31 heavy (non-hydrogen) atoms. The van der Waals surface area contributed by atoms with E-state index in [0.717, 1.165) is 32.4 Å². The molecule has 170 valence electrons. The monoisotopic (exact) mass is 427 g/mol. The normalized spacial score (nSPS) is 17.8. The van der Waals surface area contributed by atoms with Crippen molar-refractivity contribution in [2.45, 2.75) is 84.5 Å². The summed E-state index contributed by atoms with van der Waals surface area (Å²) in [6, 6.07) is 9.20. The third-order valence-corrected chi connectivity index (χ3v) is 6.06. The van der Waals surface area contributed by atoms with Crippen molar-refractivity contribution >= 4 is 5.91 Å². The molecule has 3 rings (SSSR count). The number of ether oxygens (including phenoxy) is 1. The van der Waals surface area contributed by atoms with Gasteiger partial charge >= 0.3 is 0 Å². The Morgan fingerprint density at radius 2 is 2.00 bits per heavy atom. The number of carbonyl (C=O) groups excluding carboxylic acids is 1. The molecule has 1 aromatic carbocycles. The molecular formula is C25H37N3O3. The summed E-state index contributed by atoms with van der Waals surface area (Å²) in [6.07, 6.45) is 4.63. The number of carbonyl (C=O) groups is 1. The minimum Gasteiger partial charge on any atom is -0.447 e. The van der Waals surface area contributed by atoms with Crippen LogP contribution in [0.2, 0.25) is 0 Å². The van der Waals surface area contributed by atoms with Crippen molar-refractivity contribution in [3.63, 3.8) is 0 Å². The van der Waals surface area contributed by atoms with Gasteiger partial charge in [0.2, 0.25) is 5.89 Å². The van der Waals surface area contributed by atoms with Crippen molar-refractivity contribution in [1.29, 1.82) is 0 Å². The van der Waals surface area contributed by atoms with Crippen LogP contribution in [0.4, 0.5) is 0 Å². The highest BCUT2D eigenvalue weighted by molar-refractivity contribution is 5.91. The maximum absolute atomic E-state index is 12.4. The van der Waals surface area contributed by atoms with E-state index in [0.29, 0.717) is 30.7 Å². The summed E-state index contributed by atoms with van der Waals surface area (Å²) < 4.78 is 11.2. The topological polar surface area (TPSA) is 67.6 Å². The van der Waals surface area contributed by atoms with Gasteiger partial charge in [-0.25, -0.2) is 4.98 Å². The number of hydrogen-bond donors (Lipinski definition) is 1. The molecule has 1 aromatic heterocycles. The highest BCUT2D eigenvalue weighted by Gasteiger charge is 2.21. The fourth-order valence-corrected chi connectivity index (χ4v) is 3.73. The molecule has 1 saturated heterocycles. The third kappa shape index (κ3) is 6.65. The number of benzene rings is 1. The molecule has 0 saturated carbocycles. The minimum atomic E-state index is -0.210. The standard InChI is InChI=1S/C25H37N3O3/c1-6-18(2)28(15-19-9-11-20(12-10-19)25(3,4)5)16-23-27-22(17-31-23)24(29)26-14-21-8-7-13-30-21/h9-12,17-18,21H,6-8,13-16H2,1-5H3,(H,26,29). The SMILES string of the molecule is CCC(C)N(Cc1ccc(C(C)(C)C)cc1)Cc1nc(C(=O)NCC2CCCO2)co1. The van der Waals surface area contributed by atoms with E-state index in [9.17, 15) is 4.79 Å². The van der Waals surface area contributed by atoms with Gasteiger partial charge in [0.25, 0.3) is 5.91 Å². The second kappa shape index (κ2) is 10.4. The molecule has 1 amide bonds. The fourth-order valence-electron chi connectivity index (χ4n) is 3.73. The number of amides is 1. The molecule has 2 unspecified atom stereocenters. The van der Waals surface area contributed by atoms with Crippen molar-refractivity contribution in [3.05, 3.63) is 53.2 Å². The van der Waals surface area contributed by atoms with Crippen molar-refractivity contribution in [3.8, 4) is 0 Å². The highest BCUT2D eigenvalue weighted by atomic mass is 16.5. The predicted molar refractivity (Wildman–Crippen MR) is 122 cm³/mol. The summed E-state index contributed by atoms with van der Waals surface area (Å²) in [6.45, 7) is 13.7. The Morgan fingerprint density at radius 1 is 1.26 bits per heavy atom. The zero-order valence-electron chi connectivity index (χ0n) is 19.6. The quantitative estimate of drug-likeness (QED) is 0.629. The number of oxazole rings is 1. The predicted octanol–water partition coefficient (Wildman–Crippen LogP) is 4.68. The van der Waals surface area contributed by atoms with Crippen LogP contribution in [0.25, 0.3) is 0 Å². The van der Waals surface area contributed by atoms with E-state index < -0.39 is 0 Å². The molecule has 0 spiro atoms. The van der Waals surface area contributed by atoms with Crippen molar-refractivity contribution < 1.29 is 13.9 Å². The van der Waals surface area contributed by atoms with Crippen LogP contribution in [0.3, 0.4) is 0 Å². The van der Waals surface area contributed by atoms with Gasteiger partial charge in [0.15, 0.2) is 5.69 Å². The zero-order chi connectivity index (χ0) is 22.4. The molecule has 1 aliphatic rings. The highest BCUT2D eigenvalue weighted by Crippen LogP contribution is 2.23. The lowest BCUT2D eigenvalue weighted by molar-refractivity contribution is 0.0853. The summed E-state index contributed by atoms with van der Waals surface area (Å²) >= 11 is 0. The van der Waals surface area contributed by atoms with Gasteiger partial charge in [-0.15, -0.1) is 0 Å². The Bertz CT molecular complexity index is 832. The molecule has 2 aromatic rings. The van der Waals surface area contributed by atoms with Crippen molar-refractivity contribution in [2.24, 2.45) is 0 Å². The lowest BCUT2D eigenvalue weighted by Crippen LogP contribution is -2.32. The molecule has 0 radical (unpaired) electrons. The first-order chi connectivity index (χ1) is 14.8. The smallest absolute Gasteiger partial charge is 0.273 e. The first kappa shape index (κ1) is 23.5. The van der Waals surface area contributed by atoms with Gasteiger partial charge < -0.3 is 14.5 Å². The van der Waals surface area contributed by atoms with Gasteiger partial charge in [-0.05, 0) is 42.7 Å². The minimum absolute atomic E-state index is 0.112. The molecule has 1 fully saturated rings. The zero-order valence-corrected chi connectivity index (χ0v) is 19.6. The lowest BCUT2D eigenvalue weighted by Gasteiger charge is -2.27. The van der Waals surface area contributed by atoms with Gasteiger partial charge in [-0.2, -0.15) is 0 Å². The number of hydrogen-bond acceptors (Lipinski definition) is 5. The molecule has 0 bridgehead atoms. The number of aromatic nitrogens is 1. The van der Waals surface area contributed by atoms with Gasteiger partial charge in [-0.1, -0.05) is 52.0 Å². The molecule has 0 aliphatic carbocycles. The molecule has 6 nitrogen and oxygen atoms in total. The Balaban J connectivity index is 1.61. The molecule has 2 heterocycles. The largest absolute Gasteiger partial charge is 0.447 e. The van der Waals surface area contributed by atoms with Crippen LogP contribution in [-0.4, -0.2) is 41.1 Å². The van der Waals surface area contributed by atoms with Crippen molar-refractivity contribution in [1.82, 2.24) is 15.2 Å². The molecule has 1 aliphatic heterocycles. The lowest BCUT2D eigenvalue weighted by atomic mass is 9.87. The maximum Gasteiger partial charge on any atom is 0.273 e. The van der Waals surface area contributed by atoms with Crippen LogP contribution in [0.5, 0.6) is 0 Å². The van der Waals surface area contributed by atoms with E-state index in [1.807, 2.05) is 0 Å². The third-order valence-electron chi connectivity index (χ3n) is 6.06. The average Bonchev–Trinajstić information content (AvgIpc) is 3.43. The first-order valence-electron chi connectivity index (χ1n) is 11.4. The second-order valence-electron chi connectivity index (χ2n) is 9.58. The van der Waals surface area contributed by atoms with Gasteiger partial charge in [-0.3, -0.25) is 9.69 Å². The van der Waals surface area contributed by atoms with Gasteiger partial charge in [0.1, 0.15) is 6.26 Å². The number of nitrogens with one attached hydrogen (secondary N) is 1. The van der Waals surface area contributed by atoms with E-state index in [2.05, 4.69) is 74.1 Å². The van der Waals surface area contributed by atoms with Crippen LogP contribution >= 0.6 is 0 Å². The van der Waals surface area contributed by atoms with Crippen LogP contribution < -0.4 is 5.32 Å². The maximum atomic E-state index is 12.4. The fraction of sp³-hybridized carbons (Fsp3) is 0.600. The Morgan fingerprint density at radius 3 is 2.61 bits per heavy atom. The molecule has 2 atom stereocenters. The van der Waals surface area contributed by atoms with Gasteiger partial charge in [0.05, 0.1) is 12.6 Å². The summed E-state index contributed by atoms with van der Waals surface area (Å²) in [7, 11) is 0. The van der Waals surface area contributed by atoms with E-state index in [-0.39, 0.29) is 17.4 Å². The van der Waals surface area contributed by atoms with Gasteiger partial charge in [0, 0.05) is 25.7 Å². The van der Waals surface area contributed by atoms with E-state index in [4.69, 9.17) is 9.15 Å². The summed E-state index contributed by atoms with van der Waals surface area (Å²) in [5.74, 6) is 0.354. The molecule has 6 heteroatoms. The van der Waals surface area contributed by atoms with Crippen LogP contribution in [-0.2, 0) is 23.2 Å². The second-order valence-corrected chi connectivity index (χ2v) is 9.58. The summed E-state index contributed by atoms with van der Waals surface area (Å²) in [4.78, 5) is 19.2. The van der Waals surface area contributed by atoms with E-state index in [1.165, 1.54) is 17.4 Å². The summed E-state index contributed by atoms with van der Waals surface area (Å²) in [5, 5.41) is 2.90. The van der Waals surface area contributed by atoms with E-state index in [1.54, 1.807) is 0 Å². The van der Waals surface area contributed by atoms with Crippen LogP contribution in [0, 0.1) is 0 Å². The number of nitrogens with zero attached hydrogens (tertiary/aromatic N) is 2. The number of rotatable bonds is 9. The Labute approximate surface area is 186 Å². The molecular weight excluding hydrogens is 390 g/mol. The van der Waals surface area contributed by atoms with E-state index >= 15 is 0 Å². The molecule has 1 N–H and O–H groups in total. The average molecular weight is 428 g/mol. The Hall–Kier alpha value is -2.18. The van der Waals surface area contributed by atoms with Crippen LogP contribution in [0.15, 0.2) is 34.9 Å². The Kier molecular flexibility index (Phi) is 7.89. The van der Waals surface area contributed by atoms with Crippen LogP contribution in [0.1, 0.15) is 81.4 Å². The van der Waals surface area contributed by atoms with Crippen molar-refractivity contribution in [2.75, 3.05) is 13.2 Å². The summed E-state index contributed by atoms with van der Waals surface area (Å²) in [5.41, 5.74) is 3.06. The first-order valence-corrected chi connectivity index (χ1v) is 11.4.